The van der Waals surface area contributed by atoms with E-state index in [1.54, 1.807) is 24.3 Å². The number of carboxylic acid groups (broad SMARTS) is 1. The minimum Gasteiger partial charge on any atom is -0.478 e. The maximum absolute atomic E-state index is 13.3. The van der Waals surface area contributed by atoms with Gasteiger partial charge in [-0.15, -0.1) is 0 Å². The Morgan fingerprint density at radius 1 is 1.24 bits per heavy atom. The number of aromatic nitrogens is 1. The molecule has 106 valence electrons. The van der Waals surface area contributed by atoms with Crippen molar-refractivity contribution >= 4 is 32.8 Å². The molecule has 0 aliphatic rings. The van der Waals surface area contributed by atoms with Crippen LogP contribution in [0.15, 0.2) is 53.1 Å². The third kappa shape index (κ3) is 2.56. The lowest BCUT2D eigenvalue weighted by Gasteiger charge is -2.08. The molecule has 3 nitrogen and oxygen atoms in total. The van der Waals surface area contributed by atoms with Gasteiger partial charge in [-0.05, 0) is 45.8 Å². The molecule has 0 amide bonds. The van der Waals surface area contributed by atoms with Gasteiger partial charge in [-0.1, -0.05) is 18.2 Å². The van der Waals surface area contributed by atoms with Gasteiger partial charge >= 0.3 is 5.97 Å². The van der Waals surface area contributed by atoms with E-state index in [1.807, 2.05) is 22.9 Å². The lowest BCUT2D eigenvalue weighted by molar-refractivity contribution is 0.0698. The van der Waals surface area contributed by atoms with Crippen molar-refractivity contribution in [3.63, 3.8) is 0 Å². The minimum atomic E-state index is -0.958. The molecule has 5 heteroatoms. The molecule has 1 N–H and O–H groups in total. The normalized spacial score (nSPS) is 11.0. The Kier molecular flexibility index (Phi) is 3.51. The van der Waals surface area contributed by atoms with Gasteiger partial charge in [0.1, 0.15) is 5.82 Å². The van der Waals surface area contributed by atoms with Gasteiger partial charge in [-0.25, -0.2) is 9.18 Å². The second-order valence-corrected chi connectivity index (χ2v) is 5.59. The number of hydrogen-bond acceptors (Lipinski definition) is 1. The minimum absolute atomic E-state index is 0.263. The van der Waals surface area contributed by atoms with Crippen LogP contribution < -0.4 is 0 Å². The summed E-state index contributed by atoms with van der Waals surface area (Å²) < 4.78 is 15.5. The molecule has 3 aromatic rings. The summed E-state index contributed by atoms with van der Waals surface area (Å²) in [6, 6.07) is 11.8. The molecule has 0 bridgehead atoms. The molecular weight excluding hydrogens is 337 g/mol. The SMILES string of the molecule is O=C(O)c1cccc2ccn(Cc3ccc(F)c(Br)c3)c12. The first-order valence-electron chi connectivity index (χ1n) is 6.31. The van der Waals surface area contributed by atoms with Gasteiger partial charge in [0.05, 0.1) is 15.6 Å². The van der Waals surface area contributed by atoms with Crippen molar-refractivity contribution in [3.05, 3.63) is 70.1 Å². The molecular formula is C16H11BrFNO2. The number of fused-ring (bicyclic) bond motifs is 1. The zero-order valence-electron chi connectivity index (χ0n) is 10.9. The number of hydrogen-bond donors (Lipinski definition) is 1. The second kappa shape index (κ2) is 5.33. The second-order valence-electron chi connectivity index (χ2n) is 4.74. The molecule has 0 saturated carbocycles. The highest BCUT2D eigenvalue weighted by molar-refractivity contribution is 9.10. The first-order chi connectivity index (χ1) is 10.1. The van der Waals surface area contributed by atoms with E-state index >= 15 is 0 Å². The van der Waals surface area contributed by atoms with E-state index in [0.717, 1.165) is 10.9 Å². The fourth-order valence-corrected chi connectivity index (χ4v) is 2.83. The number of aromatic carboxylic acids is 1. The molecule has 1 heterocycles. The van der Waals surface area contributed by atoms with Crippen LogP contribution in [0.5, 0.6) is 0 Å². The van der Waals surface area contributed by atoms with Crippen molar-refractivity contribution < 1.29 is 14.3 Å². The molecule has 21 heavy (non-hydrogen) atoms. The van der Waals surface area contributed by atoms with E-state index < -0.39 is 5.97 Å². The quantitative estimate of drug-likeness (QED) is 0.767. The van der Waals surface area contributed by atoms with Gasteiger partial charge in [-0.3, -0.25) is 0 Å². The number of carbonyl (C=O) groups is 1. The largest absolute Gasteiger partial charge is 0.478 e. The van der Waals surface area contributed by atoms with E-state index in [2.05, 4.69) is 15.9 Å². The topological polar surface area (TPSA) is 42.2 Å². The van der Waals surface area contributed by atoms with Crippen LogP contribution in [0.25, 0.3) is 10.9 Å². The maximum atomic E-state index is 13.3. The molecule has 0 fully saturated rings. The summed E-state index contributed by atoms with van der Waals surface area (Å²) in [7, 11) is 0. The van der Waals surface area contributed by atoms with Gasteiger partial charge < -0.3 is 9.67 Å². The van der Waals surface area contributed by atoms with E-state index in [0.29, 0.717) is 16.5 Å². The Morgan fingerprint density at radius 3 is 2.76 bits per heavy atom. The molecule has 0 aliphatic heterocycles. The Labute approximate surface area is 128 Å². The summed E-state index contributed by atoms with van der Waals surface area (Å²) in [5.74, 6) is -1.27. The van der Waals surface area contributed by atoms with Crippen LogP contribution in [-0.4, -0.2) is 15.6 Å². The third-order valence-corrected chi connectivity index (χ3v) is 3.96. The lowest BCUT2D eigenvalue weighted by Crippen LogP contribution is -2.04. The predicted octanol–water partition coefficient (Wildman–Crippen LogP) is 4.29. The molecule has 1 aromatic heterocycles. The number of nitrogens with zero attached hydrogens (tertiary/aromatic N) is 1. The van der Waals surface area contributed by atoms with Crippen LogP contribution in [0, 0.1) is 5.82 Å². The Bertz CT molecular complexity index is 841. The Morgan fingerprint density at radius 2 is 2.05 bits per heavy atom. The van der Waals surface area contributed by atoms with Crippen molar-refractivity contribution in [3.8, 4) is 0 Å². The summed E-state index contributed by atoms with van der Waals surface area (Å²) in [4.78, 5) is 11.3. The zero-order chi connectivity index (χ0) is 15.0. The first kappa shape index (κ1) is 13.8. The number of para-hydroxylation sites is 1. The van der Waals surface area contributed by atoms with Crippen LogP contribution in [0.4, 0.5) is 4.39 Å². The van der Waals surface area contributed by atoms with Crippen molar-refractivity contribution in [1.82, 2.24) is 4.57 Å². The van der Waals surface area contributed by atoms with Gasteiger partial charge in [0.15, 0.2) is 0 Å². The zero-order valence-corrected chi connectivity index (χ0v) is 12.5. The van der Waals surface area contributed by atoms with Crippen molar-refractivity contribution in [2.45, 2.75) is 6.54 Å². The van der Waals surface area contributed by atoms with Gasteiger partial charge in [0, 0.05) is 18.1 Å². The summed E-state index contributed by atoms with van der Waals surface area (Å²) in [5, 5.41) is 10.2. The van der Waals surface area contributed by atoms with Crippen LogP contribution in [-0.2, 0) is 6.54 Å². The molecule has 0 atom stereocenters. The van der Waals surface area contributed by atoms with Crippen molar-refractivity contribution in [2.75, 3.05) is 0 Å². The number of halogens is 2. The molecule has 0 aliphatic carbocycles. The van der Waals surface area contributed by atoms with Crippen LogP contribution in [0.1, 0.15) is 15.9 Å². The predicted molar refractivity (Wildman–Crippen MR) is 82.1 cm³/mol. The fraction of sp³-hybridized carbons (Fsp3) is 0.0625. The van der Waals surface area contributed by atoms with E-state index in [4.69, 9.17) is 0 Å². The van der Waals surface area contributed by atoms with Gasteiger partial charge in [0.2, 0.25) is 0 Å². The van der Waals surface area contributed by atoms with Crippen LogP contribution >= 0.6 is 15.9 Å². The highest BCUT2D eigenvalue weighted by atomic mass is 79.9. The highest BCUT2D eigenvalue weighted by Gasteiger charge is 2.12. The van der Waals surface area contributed by atoms with Crippen molar-refractivity contribution in [1.29, 1.82) is 0 Å². The molecule has 0 unspecified atom stereocenters. The first-order valence-corrected chi connectivity index (χ1v) is 7.10. The van der Waals surface area contributed by atoms with Crippen LogP contribution in [0.3, 0.4) is 0 Å². The summed E-state index contributed by atoms with van der Waals surface area (Å²) in [5.41, 5.74) is 1.82. The lowest BCUT2D eigenvalue weighted by atomic mass is 10.1. The van der Waals surface area contributed by atoms with E-state index in [1.165, 1.54) is 6.07 Å². The van der Waals surface area contributed by atoms with Crippen LogP contribution in [0.2, 0.25) is 0 Å². The summed E-state index contributed by atoms with van der Waals surface area (Å²) >= 11 is 3.16. The highest BCUT2D eigenvalue weighted by Crippen LogP contribution is 2.23. The van der Waals surface area contributed by atoms with E-state index in [9.17, 15) is 14.3 Å². The third-order valence-electron chi connectivity index (χ3n) is 3.36. The number of carboxylic acids is 1. The standard InChI is InChI=1S/C16H11BrFNO2/c17-13-8-10(4-5-14(13)18)9-19-7-6-11-2-1-3-12(15(11)19)16(20)21/h1-8H,9H2,(H,20,21). The molecule has 2 aromatic carbocycles. The Hall–Kier alpha value is -2.14. The summed E-state index contributed by atoms with van der Waals surface area (Å²) in [6.07, 6.45) is 1.84. The smallest absolute Gasteiger partial charge is 0.337 e. The molecule has 0 spiro atoms. The number of rotatable bonds is 3. The fourth-order valence-electron chi connectivity index (χ4n) is 2.40. The van der Waals surface area contributed by atoms with Gasteiger partial charge in [-0.2, -0.15) is 0 Å². The average molecular weight is 348 g/mol. The molecule has 0 saturated heterocycles. The van der Waals surface area contributed by atoms with Gasteiger partial charge in [0.25, 0.3) is 0 Å². The monoisotopic (exact) mass is 347 g/mol. The number of benzene rings is 2. The van der Waals surface area contributed by atoms with E-state index in [-0.39, 0.29) is 11.4 Å². The molecule has 3 rings (SSSR count). The summed E-state index contributed by atoms with van der Waals surface area (Å²) in [6.45, 7) is 0.479. The average Bonchev–Trinajstić information content (AvgIpc) is 2.86. The Balaban J connectivity index is 2.08. The molecule has 0 radical (unpaired) electrons. The van der Waals surface area contributed by atoms with Crippen molar-refractivity contribution in [2.24, 2.45) is 0 Å². The maximum Gasteiger partial charge on any atom is 0.337 e.